The number of fused-ring (bicyclic) bond motifs is 1. The molecule has 0 atom stereocenters. The third kappa shape index (κ3) is 2.89. The summed E-state index contributed by atoms with van der Waals surface area (Å²) in [4.78, 5) is 30.7. The Kier molecular flexibility index (Phi) is 4.34. The van der Waals surface area contributed by atoms with Gasteiger partial charge in [-0.25, -0.2) is 4.79 Å². The minimum atomic E-state index is -0.353. The zero-order valence-electron chi connectivity index (χ0n) is 14.1. The van der Waals surface area contributed by atoms with E-state index in [0.717, 1.165) is 35.3 Å². The Balaban J connectivity index is 2.03. The Morgan fingerprint density at radius 3 is 2.67 bits per heavy atom. The highest BCUT2D eigenvalue weighted by Crippen LogP contribution is 2.33. The molecule has 1 aromatic heterocycles. The number of methoxy groups -OCH3 is 1. The molecule has 2 heterocycles. The van der Waals surface area contributed by atoms with Crippen molar-refractivity contribution in [1.29, 1.82) is 0 Å². The van der Waals surface area contributed by atoms with E-state index in [1.165, 1.54) is 7.11 Å². The second-order valence-electron chi connectivity index (χ2n) is 6.04. The normalized spacial score (nSPS) is 13.4. The molecule has 5 heteroatoms. The molecule has 0 saturated carbocycles. The van der Waals surface area contributed by atoms with Gasteiger partial charge in [-0.05, 0) is 62.1 Å². The van der Waals surface area contributed by atoms with E-state index in [2.05, 4.69) is 4.98 Å². The van der Waals surface area contributed by atoms with Crippen molar-refractivity contribution in [1.82, 2.24) is 4.98 Å². The number of nitrogens with zero attached hydrogens (tertiary/aromatic N) is 2. The highest BCUT2D eigenvalue weighted by molar-refractivity contribution is 6.07. The molecule has 0 aliphatic carbocycles. The van der Waals surface area contributed by atoms with Gasteiger partial charge in [-0.1, -0.05) is 0 Å². The van der Waals surface area contributed by atoms with Gasteiger partial charge in [-0.3, -0.25) is 9.78 Å². The first-order chi connectivity index (χ1) is 11.5. The van der Waals surface area contributed by atoms with E-state index in [9.17, 15) is 9.59 Å². The smallest absolute Gasteiger partial charge is 0.337 e. The van der Waals surface area contributed by atoms with Crippen molar-refractivity contribution in [2.45, 2.75) is 26.7 Å². The molecule has 1 amide bonds. The lowest BCUT2D eigenvalue weighted by molar-refractivity contribution is 0.0600. The molecule has 0 unspecified atom stereocenters. The largest absolute Gasteiger partial charge is 0.465 e. The molecule has 1 aliphatic heterocycles. The van der Waals surface area contributed by atoms with Gasteiger partial charge in [-0.15, -0.1) is 0 Å². The summed E-state index contributed by atoms with van der Waals surface area (Å²) in [5.41, 5.74) is 4.81. The number of carbonyl (C=O) groups excluding carboxylic acids is 2. The van der Waals surface area contributed by atoms with Gasteiger partial charge in [0.1, 0.15) is 0 Å². The van der Waals surface area contributed by atoms with Crippen LogP contribution in [0.2, 0.25) is 0 Å². The van der Waals surface area contributed by atoms with Gasteiger partial charge >= 0.3 is 5.97 Å². The van der Waals surface area contributed by atoms with E-state index in [-0.39, 0.29) is 11.9 Å². The van der Waals surface area contributed by atoms with Crippen molar-refractivity contribution in [2.75, 3.05) is 18.6 Å². The van der Waals surface area contributed by atoms with Crippen LogP contribution in [0.4, 0.5) is 5.69 Å². The summed E-state index contributed by atoms with van der Waals surface area (Å²) in [6.45, 7) is 4.47. The second-order valence-corrected chi connectivity index (χ2v) is 6.04. The Morgan fingerprint density at radius 1 is 1.17 bits per heavy atom. The van der Waals surface area contributed by atoms with Crippen LogP contribution in [0.25, 0.3) is 0 Å². The summed E-state index contributed by atoms with van der Waals surface area (Å²) in [7, 11) is 1.37. The maximum atomic E-state index is 12.9. The van der Waals surface area contributed by atoms with E-state index >= 15 is 0 Å². The molecule has 5 nitrogen and oxygen atoms in total. The molecule has 24 heavy (non-hydrogen) atoms. The Hall–Kier alpha value is -2.69. The molecule has 0 saturated heterocycles. The van der Waals surface area contributed by atoms with Gasteiger partial charge in [0.05, 0.1) is 18.4 Å². The first kappa shape index (κ1) is 16.2. The van der Waals surface area contributed by atoms with Crippen molar-refractivity contribution in [3.63, 3.8) is 0 Å². The van der Waals surface area contributed by atoms with Crippen LogP contribution in [0.15, 0.2) is 30.5 Å². The van der Waals surface area contributed by atoms with Crippen molar-refractivity contribution in [3.05, 3.63) is 58.4 Å². The molecule has 3 rings (SSSR count). The Labute approximate surface area is 141 Å². The fourth-order valence-electron chi connectivity index (χ4n) is 3.24. The number of ether oxygens (including phenoxy) is 1. The predicted molar refractivity (Wildman–Crippen MR) is 91.5 cm³/mol. The maximum absolute atomic E-state index is 12.9. The number of hydrogen-bond donors (Lipinski definition) is 0. The number of carbonyl (C=O) groups is 2. The van der Waals surface area contributed by atoms with Crippen LogP contribution >= 0.6 is 0 Å². The lowest BCUT2D eigenvalue weighted by Gasteiger charge is -2.31. The van der Waals surface area contributed by atoms with Crippen LogP contribution in [-0.2, 0) is 11.2 Å². The third-order valence-electron chi connectivity index (χ3n) is 4.29. The Morgan fingerprint density at radius 2 is 1.96 bits per heavy atom. The van der Waals surface area contributed by atoms with Gasteiger partial charge in [0.15, 0.2) is 0 Å². The molecule has 1 aromatic carbocycles. The number of esters is 1. The van der Waals surface area contributed by atoms with Gasteiger partial charge in [0.2, 0.25) is 0 Å². The molecular formula is C19H20N2O3. The number of rotatable bonds is 2. The van der Waals surface area contributed by atoms with E-state index < -0.39 is 0 Å². The van der Waals surface area contributed by atoms with Gasteiger partial charge in [0, 0.05) is 24.0 Å². The summed E-state index contributed by atoms with van der Waals surface area (Å²) in [6, 6.07) is 7.16. The lowest BCUT2D eigenvalue weighted by atomic mass is 9.95. The van der Waals surface area contributed by atoms with E-state index in [4.69, 9.17) is 4.74 Å². The minimum absolute atomic E-state index is 0.0321. The average molecular weight is 324 g/mol. The first-order valence-electron chi connectivity index (χ1n) is 7.97. The third-order valence-corrected chi connectivity index (χ3v) is 4.29. The van der Waals surface area contributed by atoms with Crippen LogP contribution in [0.3, 0.4) is 0 Å². The van der Waals surface area contributed by atoms with Crippen LogP contribution in [-0.4, -0.2) is 30.5 Å². The molecule has 0 fully saturated rings. The SMILES string of the molecule is COC(=O)c1cc(C)c2c(c1)CCCN2C(=O)c1ccnc(C)c1. The predicted octanol–water partition coefficient (Wildman–Crippen LogP) is 3.08. The van der Waals surface area contributed by atoms with E-state index in [1.807, 2.05) is 24.8 Å². The summed E-state index contributed by atoms with van der Waals surface area (Å²) in [5, 5.41) is 0. The molecular weight excluding hydrogens is 304 g/mol. The number of aromatic nitrogens is 1. The van der Waals surface area contributed by atoms with Gasteiger partial charge in [-0.2, -0.15) is 0 Å². The number of benzene rings is 1. The van der Waals surface area contributed by atoms with E-state index in [0.29, 0.717) is 17.7 Å². The van der Waals surface area contributed by atoms with Gasteiger partial charge < -0.3 is 9.64 Å². The fraction of sp³-hybridized carbons (Fsp3) is 0.316. The lowest BCUT2D eigenvalue weighted by Crippen LogP contribution is -2.36. The number of amides is 1. The van der Waals surface area contributed by atoms with Crippen LogP contribution < -0.4 is 4.90 Å². The molecule has 0 N–H and O–H groups in total. The molecule has 1 aliphatic rings. The molecule has 0 bridgehead atoms. The zero-order valence-corrected chi connectivity index (χ0v) is 14.1. The highest BCUT2D eigenvalue weighted by Gasteiger charge is 2.26. The molecule has 2 aromatic rings. The fourth-order valence-corrected chi connectivity index (χ4v) is 3.24. The highest BCUT2D eigenvalue weighted by atomic mass is 16.5. The summed E-state index contributed by atoms with van der Waals surface area (Å²) in [6.07, 6.45) is 3.37. The summed E-state index contributed by atoms with van der Waals surface area (Å²) < 4.78 is 4.81. The standard InChI is InChI=1S/C19H20N2O3/c1-12-9-16(19(23)24-3)11-14-5-4-8-21(17(12)14)18(22)15-6-7-20-13(2)10-15/h6-7,9-11H,4-5,8H2,1-3H3. The molecule has 0 radical (unpaired) electrons. The number of hydrogen-bond acceptors (Lipinski definition) is 4. The Bertz CT molecular complexity index is 814. The topological polar surface area (TPSA) is 59.5 Å². The minimum Gasteiger partial charge on any atom is -0.465 e. The molecule has 124 valence electrons. The number of anilines is 1. The number of pyridine rings is 1. The summed E-state index contributed by atoms with van der Waals surface area (Å²) >= 11 is 0. The van der Waals surface area contributed by atoms with Crippen LogP contribution in [0.5, 0.6) is 0 Å². The van der Waals surface area contributed by atoms with Crippen molar-refractivity contribution in [3.8, 4) is 0 Å². The van der Waals surface area contributed by atoms with E-state index in [1.54, 1.807) is 24.4 Å². The maximum Gasteiger partial charge on any atom is 0.337 e. The second kappa shape index (κ2) is 6.43. The van der Waals surface area contributed by atoms with Crippen molar-refractivity contribution >= 4 is 17.6 Å². The quantitative estimate of drug-likeness (QED) is 0.797. The average Bonchev–Trinajstić information content (AvgIpc) is 2.59. The van der Waals surface area contributed by atoms with Crippen molar-refractivity contribution in [2.24, 2.45) is 0 Å². The molecule has 0 spiro atoms. The van der Waals surface area contributed by atoms with Crippen molar-refractivity contribution < 1.29 is 14.3 Å². The van der Waals surface area contributed by atoms with Gasteiger partial charge in [0.25, 0.3) is 5.91 Å². The zero-order chi connectivity index (χ0) is 17.3. The first-order valence-corrected chi connectivity index (χ1v) is 7.97. The monoisotopic (exact) mass is 324 g/mol. The van der Waals surface area contributed by atoms with Crippen LogP contribution in [0, 0.1) is 13.8 Å². The van der Waals surface area contributed by atoms with Crippen LogP contribution in [0.1, 0.15) is 44.0 Å². The number of aryl methyl sites for hydroxylation is 3. The summed E-state index contributed by atoms with van der Waals surface area (Å²) in [5.74, 6) is -0.385.